The zero-order valence-corrected chi connectivity index (χ0v) is 26.1. The Hall–Kier alpha value is -4.79. The van der Waals surface area contributed by atoms with Gasteiger partial charge in [-0.1, -0.05) is 24.1 Å². The van der Waals surface area contributed by atoms with E-state index < -0.39 is 35.8 Å². The van der Waals surface area contributed by atoms with Gasteiger partial charge in [-0.3, -0.25) is 19.4 Å². The molecule has 240 valence electrons. The summed E-state index contributed by atoms with van der Waals surface area (Å²) in [5.74, 6) is 1.63. The lowest BCUT2D eigenvalue weighted by molar-refractivity contribution is -0.132. The fraction of sp³-hybridized carbons (Fsp3) is 0.455. The van der Waals surface area contributed by atoms with E-state index in [0.29, 0.717) is 43.2 Å². The van der Waals surface area contributed by atoms with Gasteiger partial charge in [-0.2, -0.15) is 0 Å². The molecule has 2 aromatic rings. The molecule has 2 aliphatic rings. The van der Waals surface area contributed by atoms with E-state index in [9.17, 15) is 19.2 Å². The molecule has 2 fully saturated rings. The number of amides is 4. The number of terminal acetylenes is 1. The maximum absolute atomic E-state index is 15.2. The zero-order valence-electron chi connectivity index (χ0n) is 26.1. The number of carbonyl (C=O) groups excluding carboxylic acids is 4. The van der Waals surface area contributed by atoms with E-state index in [0.717, 1.165) is 0 Å². The van der Waals surface area contributed by atoms with E-state index in [1.807, 2.05) is 56.0 Å². The second-order valence-corrected chi connectivity index (χ2v) is 12.0. The number of cyclic esters (lactones) is 1. The monoisotopic (exact) mass is 621 g/mol. The van der Waals surface area contributed by atoms with Crippen molar-refractivity contribution in [2.24, 2.45) is 0 Å². The number of benzene rings is 2. The van der Waals surface area contributed by atoms with Crippen LogP contribution in [0.4, 0.5) is 31.0 Å². The van der Waals surface area contributed by atoms with Crippen molar-refractivity contribution < 1.29 is 33.0 Å². The molecule has 4 rings (SSSR count). The molecular formula is C33H40FN5O6. The van der Waals surface area contributed by atoms with E-state index in [2.05, 4.69) is 11.2 Å². The lowest BCUT2D eigenvalue weighted by Gasteiger charge is -2.37. The maximum atomic E-state index is 15.2. The van der Waals surface area contributed by atoms with E-state index in [4.69, 9.17) is 15.9 Å². The summed E-state index contributed by atoms with van der Waals surface area (Å²) in [6.07, 6.45) is 3.35. The standard InChI is InChI=1S/C33H40FN5O6/c1-6-26(44-32(43)39(33(3,4)5)24-10-8-7-9-11-24)13-15-30(41)37-18-16-36(17-19-37)29-14-12-25(20-28(29)34)38-22-27(45-31(38)42)21-35-23(2)40/h1,7-12,14,20,26-27H,13,15-19,21-22H2,2-5H3,(H,35,40). The Morgan fingerprint density at radius 1 is 1.13 bits per heavy atom. The predicted molar refractivity (Wildman–Crippen MR) is 169 cm³/mol. The third-order valence-electron chi connectivity index (χ3n) is 7.59. The molecule has 2 heterocycles. The van der Waals surface area contributed by atoms with Gasteiger partial charge in [-0.25, -0.2) is 14.0 Å². The summed E-state index contributed by atoms with van der Waals surface area (Å²) in [5, 5.41) is 2.61. The summed E-state index contributed by atoms with van der Waals surface area (Å²) in [6, 6.07) is 13.7. The zero-order chi connectivity index (χ0) is 32.7. The van der Waals surface area contributed by atoms with E-state index in [1.54, 1.807) is 17.0 Å². The van der Waals surface area contributed by atoms with Crippen LogP contribution in [0.25, 0.3) is 0 Å². The van der Waals surface area contributed by atoms with Gasteiger partial charge in [0.1, 0.15) is 11.9 Å². The highest BCUT2D eigenvalue weighted by molar-refractivity contribution is 5.90. The molecule has 0 radical (unpaired) electrons. The summed E-state index contributed by atoms with van der Waals surface area (Å²) < 4.78 is 26.1. The molecule has 2 aromatic carbocycles. The van der Waals surface area contributed by atoms with Crippen LogP contribution in [0, 0.1) is 18.2 Å². The summed E-state index contributed by atoms with van der Waals surface area (Å²) in [7, 11) is 0. The number of para-hydroxylation sites is 1. The minimum Gasteiger partial charge on any atom is -0.442 e. The summed E-state index contributed by atoms with van der Waals surface area (Å²) in [4.78, 5) is 56.0. The molecule has 4 amide bonds. The van der Waals surface area contributed by atoms with Gasteiger partial charge >= 0.3 is 12.2 Å². The predicted octanol–water partition coefficient (Wildman–Crippen LogP) is 4.16. The maximum Gasteiger partial charge on any atom is 0.416 e. The van der Waals surface area contributed by atoms with Crippen LogP contribution in [0.5, 0.6) is 0 Å². The number of nitrogens with one attached hydrogen (secondary N) is 1. The quantitative estimate of drug-likeness (QED) is 0.419. The van der Waals surface area contributed by atoms with Gasteiger partial charge in [-0.05, 0) is 51.1 Å². The van der Waals surface area contributed by atoms with Crippen LogP contribution in [-0.2, 0) is 19.1 Å². The number of hydrogen-bond donors (Lipinski definition) is 1. The molecule has 45 heavy (non-hydrogen) atoms. The van der Waals surface area contributed by atoms with Crippen molar-refractivity contribution in [3.05, 3.63) is 54.3 Å². The van der Waals surface area contributed by atoms with Crippen molar-refractivity contribution in [2.45, 2.75) is 58.3 Å². The fourth-order valence-corrected chi connectivity index (χ4v) is 5.32. The number of piperazine rings is 1. The molecule has 12 heteroatoms. The van der Waals surface area contributed by atoms with Gasteiger partial charge < -0.3 is 24.6 Å². The van der Waals surface area contributed by atoms with Crippen molar-refractivity contribution in [2.75, 3.05) is 54.0 Å². The van der Waals surface area contributed by atoms with Crippen molar-refractivity contribution in [1.82, 2.24) is 10.2 Å². The molecule has 0 bridgehead atoms. The molecule has 0 saturated carbocycles. The van der Waals surface area contributed by atoms with Crippen molar-refractivity contribution in [3.63, 3.8) is 0 Å². The molecule has 2 atom stereocenters. The molecule has 2 saturated heterocycles. The first-order valence-electron chi connectivity index (χ1n) is 14.9. The smallest absolute Gasteiger partial charge is 0.416 e. The first-order valence-corrected chi connectivity index (χ1v) is 14.9. The minimum atomic E-state index is -0.877. The molecule has 2 unspecified atom stereocenters. The highest BCUT2D eigenvalue weighted by atomic mass is 19.1. The number of ether oxygens (including phenoxy) is 2. The number of nitrogens with zero attached hydrogens (tertiary/aromatic N) is 4. The Kier molecular flexibility index (Phi) is 10.5. The minimum absolute atomic E-state index is 0.0981. The Morgan fingerprint density at radius 2 is 1.82 bits per heavy atom. The number of halogens is 1. The van der Waals surface area contributed by atoms with Gasteiger partial charge in [0.25, 0.3) is 0 Å². The van der Waals surface area contributed by atoms with Gasteiger partial charge in [0, 0.05) is 57.2 Å². The Bertz CT molecular complexity index is 1430. The van der Waals surface area contributed by atoms with Crippen LogP contribution in [0.1, 0.15) is 40.5 Å². The van der Waals surface area contributed by atoms with Gasteiger partial charge in [0.15, 0.2) is 6.10 Å². The molecule has 0 aromatic heterocycles. The molecule has 11 nitrogen and oxygen atoms in total. The van der Waals surface area contributed by atoms with Crippen molar-refractivity contribution in [1.29, 1.82) is 0 Å². The highest BCUT2D eigenvalue weighted by Gasteiger charge is 2.34. The third-order valence-corrected chi connectivity index (χ3v) is 7.59. The van der Waals surface area contributed by atoms with Crippen molar-refractivity contribution >= 4 is 41.1 Å². The van der Waals surface area contributed by atoms with Gasteiger partial charge in [0.2, 0.25) is 11.8 Å². The highest BCUT2D eigenvalue weighted by Crippen LogP contribution is 2.29. The fourth-order valence-electron chi connectivity index (χ4n) is 5.32. The van der Waals surface area contributed by atoms with Crippen LogP contribution in [0.2, 0.25) is 0 Å². The van der Waals surface area contributed by atoms with Gasteiger partial charge in [-0.15, -0.1) is 6.42 Å². The van der Waals surface area contributed by atoms with E-state index in [-0.39, 0.29) is 37.7 Å². The summed E-state index contributed by atoms with van der Waals surface area (Å²) in [5.41, 5.74) is 0.842. The third kappa shape index (κ3) is 8.44. The second kappa shape index (κ2) is 14.3. The van der Waals surface area contributed by atoms with Crippen LogP contribution >= 0.6 is 0 Å². The van der Waals surface area contributed by atoms with Crippen LogP contribution in [-0.4, -0.2) is 85.9 Å². The molecular weight excluding hydrogens is 581 g/mol. The summed E-state index contributed by atoms with van der Waals surface area (Å²) >= 11 is 0. The number of rotatable bonds is 9. The molecule has 1 N–H and O–H groups in total. The van der Waals surface area contributed by atoms with Gasteiger partial charge in [0.05, 0.1) is 24.5 Å². The average Bonchev–Trinajstić information content (AvgIpc) is 3.38. The summed E-state index contributed by atoms with van der Waals surface area (Å²) in [6.45, 7) is 9.03. The number of hydrogen-bond acceptors (Lipinski definition) is 7. The normalized spacial score (nSPS) is 17.3. The van der Waals surface area contributed by atoms with Crippen molar-refractivity contribution in [3.8, 4) is 12.3 Å². The number of carbonyl (C=O) groups is 4. The number of anilines is 3. The first kappa shape index (κ1) is 33.1. The molecule has 0 aliphatic carbocycles. The van der Waals surface area contributed by atoms with E-state index in [1.165, 1.54) is 22.8 Å². The SMILES string of the molecule is C#CC(CCC(=O)N1CCN(c2ccc(N3CC(CNC(C)=O)OC3=O)cc2F)CC1)OC(=O)N(c1ccccc1)C(C)(C)C. The Balaban J connectivity index is 1.27. The van der Waals surface area contributed by atoms with Crippen LogP contribution in [0.15, 0.2) is 48.5 Å². The van der Waals surface area contributed by atoms with Crippen LogP contribution in [0.3, 0.4) is 0 Å². The Labute approximate surface area is 263 Å². The lowest BCUT2D eigenvalue weighted by Crippen LogP contribution is -2.49. The average molecular weight is 622 g/mol. The molecule has 0 spiro atoms. The Morgan fingerprint density at radius 3 is 2.42 bits per heavy atom. The lowest BCUT2D eigenvalue weighted by atomic mass is 10.1. The first-order chi connectivity index (χ1) is 21.4. The topological polar surface area (TPSA) is 112 Å². The largest absolute Gasteiger partial charge is 0.442 e. The van der Waals surface area contributed by atoms with Crippen LogP contribution < -0.4 is 20.0 Å². The van der Waals surface area contributed by atoms with E-state index >= 15 is 4.39 Å². The molecule has 2 aliphatic heterocycles. The second-order valence-electron chi connectivity index (χ2n) is 12.0.